The van der Waals surface area contributed by atoms with Gasteiger partial charge in [0.2, 0.25) is 0 Å². The first-order chi connectivity index (χ1) is 8.66. The van der Waals surface area contributed by atoms with E-state index in [0.29, 0.717) is 5.56 Å². The molecular weight excluding hydrogens is 232 g/mol. The number of hydrogen-bond donors (Lipinski definition) is 0. The van der Waals surface area contributed by atoms with Crippen molar-refractivity contribution in [3.05, 3.63) is 39.9 Å². The van der Waals surface area contributed by atoms with Crippen molar-refractivity contribution >= 4 is 11.9 Å². The number of rotatable bonds is 3. The van der Waals surface area contributed by atoms with Gasteiger partial charge in [0.1, 0.15) is 0 Å². The maximum absolute atomic E-state index is 10.8. The van der Waals surface area contributed by atoms with E-state index in [-0.39, 0.29) is 10.6 Å². The molecular formula is C12H16N4O2. The normalized spacial score (nSPS) is 17.3. The van der Waals surface area contributed by atoms with Gasteiger partial charge in [-0.25, -0.2) is 0 Å². The number of nitrogens with zero attached hydrogens (tertiary/aromatic N) is 4. The third-order valence-electron chi connectivity index (χ3n) is 2.97. The van der Waals surface area contributed by atoms with Crippen molar-refractivity contribution in [2.24, 2.45) is 5.10 Å². The van der Waals surface area contributed by atoms with Gasteiger partial charge >= 0.3 is 0 Å². The fourth-order valence-electron chi connectivity index (χ4n) is 1.82. The first kappa shape index (κ1) is 12.5. The molecule has 1 heterocycles. The Bertz CT molecular complexity index is 453. The summed E-state index contributed by atoms with van der Waals surface area (Å²) in [6.45, 7) is 3.64. The Morgan fingerprint density at radius 1 is 1.28 bits per heavy atom. The SMILES string of the molecule is CN1CCN(/N=C\c2ccccc2[N+](=O)[O-])CC1. The summed E-state index contributed by atoms with van der Waals surface area (Å²) in [5.41, 5.74) is 0.636. The van der Waals surface area contributed by atoms with Gasteiger partial charge in [-0.2, -0.15) is 5.10 Å². The lowest BCUT2D eigenvalue weighted by atomic mass is 10.2. The summed E-state index contributed by atoms with van der Waals surface area (Å²) < 4.78 is 0. The van der Waals surface area contributed by atoms with Crippen LogP contribution in [0, 0.1) is 10.1 Å². The van der Waals surface area contributed by atoms with Crippen LogP contribution < -0.4 is 0 Å². The molecule has 6 heteroatoms. The van der Waals surface area contributed by atoms with E-state index in [4.69, 9.17) is 0 Å². The number of nitro benzene ring substituents is 1. The van der Waals surface area contributed by atoms with Crippen molar-refractivity contribution in [1.29, 1.82) is 0 Å². The van der Waals surface area contributed by atoms with Crippen molar-refractivity contribution in [2.45, 2.75) is 0 Å². The Morgan fingerprint density at radius 3 is 2.61 bits per heavy atom. The van der Waals surface area contributed by atoms with E-state index >= 15 is 0 Å². The molecule has 1 aromatic rings. The first-order valence-corrected chi connectivity index (χ1v) is 5.88. The standard InChI is InChI=1S/C12H16N4O2/c1-14-6-8-15(9-7-14)13-10-11-4-2-3-5-12(11)16(17)18/h2-5,10H,6-9H2,1H3/b13-10-. The highest BCUT2D eigenvalue weighted by molar-refractivity contribution is 5.84. The molecule has 0 spiro atoms. The second-order valence-corrected chi connectivity index (χ2v) is 4.32. The molecule has 2 rings (SSSR count). The summed E-state index contributed by atoms with van der Waals surface area (Å²) in [6, 6.07) is 6.63. The molecule has 0 aliphatic carbocycles. The average molecular weight is 248 g/mol. The summed E-state index contributed by atoms with van der Waals surface area (Å²) in [5.74, 6) is 0. The smallest absolute Gasteiger partial charge is 0.278 e. The Balaban J connectivity index is 2.07. The number of nitro groups is 1. The largest absolute Gasteiger partial charge is 0.303 e. The Hall–Kier alpha value is -1.95. The molecule has 1 aliphatic rings. The highest BCUT2D eigenvalue weighted by Gasteiger charge is 2.13. The van der Waals surface area contributed by atoms with E-state index in [0.717, 1.165) is 26.2 Å². The lowest BCUT2D eigenvalue weighted by Gasteiger charge is -2.30. The van der Waals surface area contributed by atoms with E-state index < -0.39 is 0 Å². The molecule has 0 amide bonds. The lowest BCUT2D eigenvalue weighted by molar-refractivity contribution is -0.385. The van der Waals surface area contributed by atoms with Gasteiger partial charge in [0.15, 0.2) is 0 Å². The van der Waals surface area contributed by atoms with Crippen LogP contribution in [0.2, 0.25) is 0 Å². The van der Waals surface area contributed by atoms with Crippen molar-refractivity contribution < 1.29 is 4.92 Å². The zero-order chi connectivity index (χ0) is 13.0. The highest BCUT2D eigenvalue weighted by atomic mass is 16.6. The third kappa shape index (κ3) is 3.04. The minimum absolute atomic E-state index is 0.0929. The molecule has 0 unspecified atom stereocenters. The van der Waals surface area contributed by atoms with E-state index in [1.165, 1.54) is 6.07 Å². The number of piperazine rings is 1. The van der Waals surface area contributed by atoms with Gasteiger partial charge in [-0.3, -0.25) is 15.1 Å². The van der Waals surface area contributed by atoms with Crippen molar-refractivity contribution in [2.75, 3.05) is 33.2 Å². The molecule has 0 aromatic heterocycles. The molecule has 1 fully saturated rings. The monoisotopic (exact) mass is 248 g/mol. The van der Waals surface area contributed by atoms with Crippen LogP contribution in [-0.4, -0.2) is 54.3 Å². The van der Waals surface area contributed by atoms with Gasteiger partial charge in [0.25, 0.3) is 5.69 Å². The molecule has 1 saturated heterocycles. The van der Waals surface area contributed by atoms with Crippen LogP contribution in [0.5, 0.6) is 0 Å². The van der Waals surface area contributed by atoms with E-state index in [9.17, 15) is 10.1 Å². The van der Waals surface area contributed by atoms with E-state index in [1.54, 1.807) is 24.4 Å². The zero-order valence-corrected chi connectivity index (χ0v) is 10.3. The van der Waals surface area contributed by atoms with Gasteiger partial charge in [-0.1, -0.05) is 12.1 Å². The van der Waals surface area contributed by atoms with Crippen LogP contribution in [0.4, 0.5) is 5.69 Å². The minimum Gasteiger partial charge on any atom is -0.303 e. The second-order valence-electron chi connectivity index (χ2n) is 4.32. The van der Waals surface area contributed by atoms with Gasteiger partial charge in [-0.05, 0) is 13.1 Å². The van der Waals surface area contributed by atoms with Crippen molar-refractivity contribution in [3.63, 3.8) is 0 Å². The van der Waals surface area contributed by atoms with Crippen LogP contribution >= 0.6 is 0 Å². The zero-order valence-electron chi connectivity index (χ0n) is 10.3. The number of likely N-dealkylation sites (N-methyl/N-ethyl adjacent to an activating group) is 1. The van der Waals surface area contributed by atoms with E-state index in [2.05, 4.69) is 17.0 Å². The molecule has 6 nitrogen and oxygen atoms in total. The van der Waals surface area contributed by atoms with Crippen molar-refractivity contribution in [1.82, 2.24) is 9.91 Å². The molecule has 0 N–H and O–H groups in total. The molecule has 0 saturated carbocycles. The Kier molecular flexibility index (Phi) is 3.88. The fraction of sp³-hybridized carbons (Fsp3) is 0.417. The summed E-state index contributed by atoms with van der Waals surface area (Å²) in [6.07, 6.45) is 1.57. The quantitative estimate of drug-likeness (QED) is 0.458. The van der Waals surface area contributed by atoms with Gasteiger partial charge in [0, 0.05) is 32.2 Å². The first-order valence-electron chi connectivity index (χ1n) is 5.88. The van der Waals surface area contributed by atoms with Crippen LogP contribution in [0.1, 0.15) is 5.56 Å². The van der Waals surface area contributed by atoms with Crippen LogP contribution in [0.25, 0.3) is 0 Å². The topological polar surface area (TPSA) is 62.0 Å². The summed E-state index contributed by atoms with van der Waals surface area (Å²) in [4.78, 5) is 12.7. The van der Waals surface area contributed by atoms with Gasteiger partial charge < -0.3 is 4.90 Å². The number of hydrogen-bond acceptors (Lipinski definition) is 5. The van der Waals surface area contributed by atoms with Crippen LogP contribution in [0.3, 0.4) is 0 Å². The Labute approximate surface area is 106 Å². The number of para-hydroxylation sites is 1. The molecule has 0 bridgehead atoms. The van der Waals surface area contributed by atoms with Gasteiger partial charge in [-0.15, -0.1) is 0 Å². The maximum Gasteiger partial charge on any atom is 0.278 e. The van der Waals surface area contributed by atoms with Gasteiger partial charge in [0.05, 0.1) is 16.7 Å². The minimum atomic E-state index is -0.384. The summed E-state index contributed by atoms with van der Waals surface area (Å²) >= 11 is 0. The van der Waals surface area contributed by atoms with Crippen LogP contribution in [-0.2, 0) is 0 Å². The molecule has 0 radical (unpaired) electrons. The molecule has 18 heavy (non-hydrogen) atoms. The Morgan fingerprint density at radius 2 is 1.94 bits per heavy atom. The number of benzene rings is 1. The van der Waals surface area contributed by atoms with Crippen LogP contribution in [0.15, 0.2) is 29.4 Å². The average Bonchev–Trinajstić information content (AvgIpc) is 2.38. The molecule has 0 atom stereocenters. The van der Waals surface area contributed by atoms with Crippen molar-refractivity contribution in [3.8, 4) is 0 Å². The third-order valence-corrected chi connectivity index (χ3v) is 2.97. The van der Waals surface area contributed by atoms with E-state index in [1.807, 2.05) is 5.01 Å². The lowest BCUT2D eigenvalue weighted by Crippen LogP contribution is -2.41. The summed E-state index contributed by atoms with van der Waals surface area (Å²) in [5, 5.41) is 17.1. The molecule has 96 valence electrons. The molecule has 1 aromatic carbocycles. The molecule has 1 aliphatic heterocycles. The predicted molar refractivity (Wildman–Crippen MR) is 69.8 cm³/mol. The maximum atomic E-state index is 10.8. The predicted octanol–water partition coefficient (Wildman–Crippen LogP) is 1.18. The fourth-order valence-corrected chi connectivity index (χ4v) is 1.82. The second kappa shape index (κ2) is 5.59. The summed E-state index contributed by atoms with van der Waals surface area (Å²) in [7, 11) is 2.07. The number of hydrazone groups is 1. The highest BCUT2D eigenvalue weighted by Crippen LogP contribution is 2.15.